The standard InChI is InChI=1S/C15H20N2O3/c1-3-8-17(9-4-2)15(20)16-13-7-5-6-12(10-13)11-14(18)19/h3,5-7,10H,1,4,8-9,11H2,2H3,(H,16,20)(H,18,19). The highest BCUT2D eigenvalue weighted by Crippen LogP contribution is 2.12. The number of rotatable bonds is 7. The summed E-state index contributed by atoms with van der Waals surface area (Å²) < 4.78 is 0. The molecule has 0 aliphatic carbocycles. The van der Waals surface area contributed by atoms with Crippen molar-refractivity contribution in [1.29, 1.82) is 0 Å². The maximum absolute atomic E-state index is 12.1. The number of carboxylic acid groups (broad SMARTS) is 1. The van der Waals surface area contributed by atoms with Crippen LogP contribution in [0.25, 0.3) is 0 Å². The van der Waals surface area contributed by atoms with Gasteiger partial charge in [0.25, 0.3) is 0 Å². The third kappa shape index (κ3) is 5.14. The summed E-state index contributed by atoms with van der Waals surface area (Å²) in [5.74, 6) is -0.896. The fraction of sp³-hybridized carbons (Fsp3) is 0.333. The molecule has 0 heterocycles. The van der Waals surface area contributed by atoms with Gasteiger partial charge in [-0.25, -0.2) is 4.79 Å². The second-order valence-electron chi connectivity index (χ2n) is 4.44. The molecule has 0 saturated heterocycles. The van der Waals surface area contributed by atoms with Crippen molar-refractivity contribution >= 4 is 17.7 Å². The Morgan fingerprint density at radius 3 is 2.80 bits per heavy atom. The van der Waals surface area contributed by atoms with Crippen LogP contribution in [0.1, 0.15) is 18.9 Å². The SMILES string of the molecule is C=CCN(CCC)C(=O)Nc1cccc(CC(=O)O)c1. The van der Waals surface area contributed by atoms with Crippen molar-refractivity contribution in [2.24, 2.45) is 0 Å². The Hall–Kier alpha value is -2.30. The average Bonchev–Trinajstić information content (AvgIpc) is 2.38. The van der Waals surface area contributed by atoms with E-state index in [2.05, 4.69) is 11.9 Å². The van der Waals surface area contributed by atoms with Crippen LogP contribution in [0.5, 0.6) is 0 Å². The monoisotopic (exact) mass is 276 g/mol. The van der Waals surface area contributed by atoms with E-state index >= 15 is 0 Å². The quantitative estimate of drug-likeness (QED) is 0.752. The first kappa shape index (κ1) is 15.8. The predicted octanol–water partition coefficient (Wildman–Crippen LogP) is 2.74. The number of nitrogens with one attached hydrogen (secondary N) is 1. The van der Waals surface area contributed by atoms with Crippen molar-refractivity contribution in [3.05, 3.63) is 42.5 Å². The van der Waals surface area contributed by atoms with Gasteiger partial charge in [-0.05, 0) is 24.1 Å². The van der Waals surface area contributed by atoms with E-state index in [-0.39, 0.29) is 12.5 Å². The molecule has 2 N–H and O–H groups in total. The first-order valence-electron chi connectivity index (χ1n) is 6.54. The van der Waals surface area contributed by atoms with E-state index < -0.39 is 5.97 Å². The lowest BCUT2D eigenvalue weighted by Crippen LogP contribution is -2.35. The second-order valence-corrected chi connectivity index (χ2v) is 4.44. The number of carbonyl (C=O) groups excluding carboxylic acids is 1. The molecule has 0 bridgehead atoms. The van der Waals surface area contributed by atoms with Crippen LogP contribution in [-0.4, -0.2) is 35.1 Å². The minimum absolute atomic E-state index is 0.0605. The topological polar surface area (TPSA) is 69.6 Å². The van der Waals surface area contributed by atoms with E-state index in [1.165, 1.54) is 0 Å². The molecule has 0 aromatic heterocycles. The number of benzene rings is 1. The molecular weight excluding hydrogens is 256 g/mol. The molecule has 0 saturated carbocycles. The molecule has 1 aromatic carbocycles. The fourth-order valence-corrected chi connectivity index (χ4v) is 1.84. The van der Waals surface area contributed by atoms with Crippen molar-refractivity contribution in [2.45, 2.75) is 19.8 Å². The maximum atomic E-state index is 12.1. The minimum Gasteiger partial charge on any atom is -0.481 e. The van der Waals surface area contributed by atoms with Gasteiger partial charge in [-0.1, -0.05) is 25.1 Å². The first-order valence-corrected chi connectivity index (χ1v) is 6.54. The molecule has 0 radical (unpaired) electrons. The molecular formula is C15H20N2O3. The summed E-state index contributed by atoms with van der Waals surface area (Å²) >= 11 is 0. The van der Waals surface area contributed by atoms with Crippen molar-refractivity contribution < 1.29 is 14.7 Å². The molecule has 20 heavy (non-hydrogen) atoms. The molecule has 5 nitrogen and oxygen atoms in total. The number of carboxylic acids is 1. The molecule has 5 heteroatoms. The number of anilines is 1. The summed E-state index contributed by atoms with van der Waals surface area (Å²) in [7, 11) is 0. The highest BCUT2D eigenvalue weighted by atomic mass is 16.4. The molecule has 0 fully saturated rings. The largest absolute Gasteiger partial charge is 0.481 e. The number of hydrogen-bond donors (Lipinski definition) is 2. The van der Waals surface area contributed by atoms with Gasteiger partial charge in [-0.3, -0.25) is 4.79 Å². The average molecular weight is 276 g/mol. The highest BCUT2D eigenvalue weighted by Gasteiger charge is 2.11. The lowest BCUT2D eigenvalue weighted by atomic mass is 10.1. The van der Waals surface area contributed by atoms with Crippen LogP contribution in [-0.2, 0) is 11.2 Å². The Balaban J connectivity index is 2.73. The van der Waals surface area contributed by atoms with Crippen molar-refractivity contribution in [2.75, 3.05) is 18.4 Å². The summed E-state index contributed by atoms with van der Waals surface area (Å²) in [5.41, 5.74) is 1.25. The van der Waals surface area contributed by atoms with Gasteiger partial charge in [0.2, 0.25) is 0 Å². The Bertz CT molecular complexity index is 486. The predicted molar refractivity (Wildman–Crippen MR) is 78.9 cm³/mol. The Morgan fingerprint density at radius 1 is 1.45 bits per heavy atom. The minimum atomic E-state index is -0.896. The van der Waals surface area contributed by atoms with E-state index in [9.17, 15) is 9.59 Å². The van der Waals surface area contributed by atoms with Gasteiger partial charge in [0.15, 0.2) is 0 Å². The maximum Gasteiger partial charge on any atom is 0.322 e. The zero-order chi connectivity index (χ0) is 15.0. The van der Waals surface area contributed by atoms with Gasteiger partial charge >= 0.3 is 12.0 Å². The van der Waals surface area contributed by atoms with Crippen molar-refractivity contribution in [3.63, 3.8) is 0 Å². The van der Waals surface area contributed by atoms with Gasteiger partial charge < -0.3 is 15.3 Å². The molecule has 0 spiro atoms. The molecule has 0 aliphatic rings. The van der Waals surface area contributed by atoms with E-state index in [1.54, 1.807) is 35.2 Å². The number of carbonyl (C=O) groups is 2. The first-order chi connectivity index (χ1) is 9.56. The van der Waals surface area contributed by atoms with Gasteiger partial charge in [0, 0.05) is 18.8 Å². The van der Waals surface area contributed by atoms with Gasteiger partial charge in [-0.2, -0.15) is 0 Å². The van der Waals surface area contributed by atoms with Gasteiger partial charge in [0.05, 0.1) is 6.42 Å². The van der Waals surface area contributed by atoms with Crippen LogP contribution in [0, 0.1) is 0 Å². The smallest absolute Gasteiger partial charge is 0.322 e. The van der Waals surface area contributed by atoms with Crippen LogP contribution in [0.4, 0.5) is 10.5 Å². The summed E-state index contributed by atoms with van der Waals surface area (Å²) in [6.45, 7) is 6.76. The number of aliphatic carboxylic acids is 1. The molecule has 108 valence electrons. The normalized spacial score (nSPS) is 9.85. The van der Waals surface area contributed by atoms with Crippen molar-refractivity contribution in [1.82, 2.24) is 4.90 Å². The Labute approximate surface area is 118 Å². The van der Waals surface area contributed by atoms with Crippen LogP contribution >= 0.6 is 0 Å². The number of nitrogens with zero attached hydrogens (tertiary/aromatic N) is 1. The van der Waals surface area contributed by atoms with Gasteiger partial charge in [-0.15, -0.1) is 6.58 Å². The fourth-order valence-electron chi connectivity index (χ4n) is 1.84. The molecule has 0 aliphatic heterocycles. The zero-order valence-corrected chi connectivity index (χ0v) is 11.6. The third-order valence-corrected chi connectivity index (χ3v) is 2.66. The van der Waals surface area contributed by atoms with E-state index in [0.29, 0.717) is 24.3 Å². The highest BCUT2D eigenvalue weighted by molar-refractivity contribution is 5.89. The lowest BCUT2D eigenvalue weighted by Gasteiger charge is -2.21. The molecule has 2 amide bonds. The van der Waals surface area contributed by atoms with Crippen LogP contribution in [0.2, 0.25) is 0 Å². The summed E-state index contributed by atoms with van der Waals surface area (Å²) in [6, 6.07) is 6.65. The molecule has 0 unspecified atom stereocenters. The lowest BCUT2D eigenvalue weighted by molar-refractivity contribution is -0.136. The van der Waals surface area contributed by atoms with E-state index in [4.69, 9.17) is 5.11 Å². The van der Waals surface area contributed by atoms with Crippen LogP contribution < -0.4 is 5.32 Å². The summed E-state index contributed by atoms with van der Waals surface area (Å²) in [6.07, 6.45) is 2.48. The third-order valence-electron chi connectivity index (χ3n) is 2.66. The second kappa shape index (κ2) is 7.99. The van der Waals surface area contributed by atoms with E-state index in [1.807, 2.05) is 6.92 Å². The molecule has 1 rings (SSSR count). The molecule has 1 aromatic rings. The number of urea groups is 1. The number of hydrogen-bond acceptors (Lipinski definition) is 2. The Morgan fingerprint density at radius 2 is 2.20 bits per heavy atom. The van der Waals surface area contributed by atoms with Crippen LogP contribution in [0.3, 0.4) is 0 Å². The summed E-state index contributed by atoms with van der Waals surface area (Å²) in [4.78, 5) is 24.4. The Kier molecular flexibility index (Phi) is 6.29. The molecule has 0 atom stereocenters. The van der Waals surface area contributed by atoms with Crippen LogP contribution in [0.15, 0.2) is 36.9 Å². The van der Waals surface area contributed by atoms with Crippen molar-refractivity contribution in [3.8, 4) is 0 Å². The summed E-state index contributed by atoms with van der Waals surface area (Å²) in [5, 5.41) is 11.5. The van der Waals surface area contributed by atoms with E-state index in [0.717, 1.165) is 6.42 Å². The number of amides is 2. The van der Waals surface area contributed by atoms with Gasteiger partial charge in [0.1, 0.15) is 0 Å². The zero-order valence-electron chi connectivity index (χ0n) is 11.6.